The van der Waals surface area contributed by atoms with Gasteiger partial charge in [0.15, 0.2) is 0 Å². The van der Waals surface area contributed by atoms with E-state index in [1.165, 1.54) is 108 Å². The van der Waals surface area contributed by atoms with Crippen LogP contribution in [0.1, 0.15) is 420 Å². The van der Waals surface area contributed by atoms with Gasteiger partial charge in [0.05, 0.1) is 18.8 Å². The van der Waals surface area contributed by atoms with E-state index in [4.69, 9.17) is 4.74 Å². The maximum atomic E-state index is 13.2. The summed E-state index contributed by atoms with van der Waals surface area (Å²) < 4.78 is 106. The molecular formula is C102H190F8O2S. The zero-order valence-corrected chi connectivity index (χ0v) is 80.8. The molecule has 0 bridgehead atoms. The molecule has 0 aromatic carbocycles. The van der Waals surface area contributed by atoms with Crippen LogP contribution in [-0.4, -0.2) is 64.5 Å². The van der Waals surface area contributed by atoms with Crippen LogP contribution in [0.4, 0.5) is 35.1 Å². The predicted molar refractivity (Wildman–Crippen MR) is 479 cm³/mol. The van der Waals surface area contributed by atoms with Crippen LogP contribution in [0.25, 0.3) is 0 Å². The lowest BCUT2D eigenvalue weighted by Crippen LogP contribution is -2.37. The quantitative estimate of drug-likeness (QED) is 0.0917. The van der Waals surface area contributed by atoms with Gasteiger partial charge in [-0.3, -0.25) is 0 Å². The third-order valence-corrected chi connectivity index (χ3v) is 28.2. The molecule has 14 fully saturated rings. The maximum absolute atomic E-state index is 13.2. The van der Waals surface area contributed by atoms with Crippen LogP contribution in [0.15, 0.2) is 24.8 Å². The molecule has 2 nitrogen and oxygen atoms in total. The van der Waals surface area contributed by atoms with E-state index in [0.717, 1.165) is 184 Å². The molecule has 13 aliphatic carbocycles. The van der Waals surface area contributed by atoms with Crippen LogP contribution >= 0.6 is 11.8 Å². The number of thioether (sulfide) groups is 1. The smallest absolute Gasteiger partial charge is 0.253 e. The Morgan fingerprint density at radius 3 is 1.01 bits per heavy atom. The molecule has 0 aromatic heterocycles. The van der Waals surface area contributed by atoms with Gasteiger partial charge < -0.3 is 9.84 Å². The van der Waals surface area contributed by atoms with E-state index in [-0.39, 0.29) is 36.7 Å². The van der Waals surface area contributed by atoms with Crippen molar-refractivity contribution >= 4 is 11.8 Å². The largest absolute Gasteiger partial charge is 0.390 e. The third-order valence-electron chi connectivity index (χ3n) is 26.8. The van der Waals surface area contributed by atoms with Crippen LogP contribution in [0.3, 0.4) is 0 Å². The second-order valence-electron chi connectivity index (χ2n) is 46.7. The summed E-state index contributed by atoms with van der Waals surface area (Å²) in [6.45, 7) is 71.3. The van der Waals surface area contributed by atoms with Gasteiger partial charge in [-0.05, 0) is 313 Å². The minimum Gasteiger partial charge on any atom is -0.390 e. The summed E-state index contributed by atoms with van der Waals surface area (Å²) in [6, 6.07) is 0. The lowest BCUT2D eigenvalue weighted by molar-refractivity contribution is -0.122. The molecule has 15 rings (SSSR count). The average molecular weight is 1630 g/mol. The topological polar surface area (TPSA) is 29.5 Å². The number of aliphatic hydroxyl groups is 1. The highest BCUT2D eigenvalue weighted by Gasteiger charge is 2.56. The normalized spacial score (nSPS) is 27.9. The molecule has 6 atom stereocenters. The number of allylic oxidation sites excluding steroid dienone is 3. The summed E-state index contributed by atoms with van der Waals surface area (Å²) in [6.07, 6.45) is 41.4. The molecule has 2 heterocycles. The molecule has 672 valence electrons. The van der Waals surface area contributed by atoms with Crippen molar-refractivity contribution < 1.29 is 45.0 Å². The lowest BCUT2D eigenvalue weighted by Gasteiger charge is -2.37. The Morgan fingerprint density at radius 1 is 0.478 bits per heavy atom. The molecule has 15 aliphatic rings. The van der Waals surface area contributed by atoms with Crippen LogP contribution in [-0.2, 0) is 4.74 Å². The summed E-state index contributed by atoms with van der Waals surface area (Å²) >= 11 is 2.09. The fraction of sp³-hybridized carbons (Fsp3) is 0.961. The van der Waals surface area contributed by atoms with Crippen LogP contribution < -0.4 is 0 Å². The van der Waals surface area contributed by atoms with E-state index in [0.29, 0.717) is 52.8 Å². The first-order valence-corrected chi connectivity index (χ1v) is 48.5. The molecule has 0 aromatic rings. The summed E-state index contributed by atoms with van der Waals surface area (Å²) in [5.41, 5.74) is 1.79. The van der Waals surface area contributed by atoms with Gasteiger partial charge in [-0.25, -0.2) is 35.1 Å². The molecular weight excluding hydrogens is 1440 g/mol. The number of halogens is 8. The SMILES string of the molecule is C=CC1CC1(C)C.CC(C)C(F)(F)C1CCC1.CC(C)CC1(F)CC1.CC(C)CC1(F)CCC1.CC(C)CC1(O)CCC1.CC(C)CC1C=CCC1.CC(C)CC1CC(F)(F)C1.CC(C)CC1CC1(F)F.CC(C)CC1COC1.CC(C)CC1CSC1.CC1(C)CC1.CC1(C)CC1C1CC1.CC1CC1(C)C.CCC1CC1(C)C. The van der Waals surface area contributed by atoms with Gasteiger partial charge in [0.2, 0.25) is 5.92 Å². The van der Waals surface area contributed by atoms with Crippen molar-refractivity contribution in [2.75, 3.05) is 24.7 Å². The molecule has 0 spiro atoms. The Kier molecular flexibility index (Phi) is 46.3. The highest BCUT2D eigenvalue weighted by Crippen LogP contribution is 2.62. The zero-order chi connectivity index (χ0) is 86.7. The highest BCUT2D eigenvalue weighted by atomic mass is 32.2. The Balaban J connectivity index is 0.000000414. The van der Waals surface area contributed by atoms with Crippen molar-refractivity contribution in [3.63, 3.8) is 0 Å². The molecule has 11 heteroatoms. The summed E-state index contributed by atoms with van der Waals surface area (Å²) in [4.78, 5) is 0. The van der Waals surface area contributed by atoms with Gasteiger partial charge in [-0.15, -0.1) is 6.58 Å². The molecule has 6 unspecified atom stereocenters. The Morgan fingerprint density at radius 2 is 0.885 bits per heavy atom. The predicted octanol–water partition coefficient (Wildman–Crippen LogP) is 34.3. The second-order valence-corrected chi connectivity index (χ2v) is 47.8. The van der Waals surface area contributed by atoms with Gasteiger partial charge in [0, 0.05) is 42.9 Å². The standard InChI is InChI=1S/C9H16.2C8H14F2.C8H15F.C8H16O.C8H14.C7H12F2.C7H13F.C7H14O.C7H14S.C7H14.C7H12.C6H12.C5H10/c1-8(2)7-9-5-3-4-6-9;1-6(2)3-7-4-8(9,10)5-7;1-6(2)8(9,10)7-4-3-5-7;2*1-7(2)6-8(9)4-3-5-8;1-8(2)5-7(8)6-3-4-6;1-5(2)3-6-4-7(6,8)9;1-6(2)5-7(8)3-4-7;2*1-6(2)3-7-4-8-5-7;2*1-4-6-5-7(6,2)3;1-5-4-6(5,2)3;1-5(2)3-4-5/h3,5,8-9H,4,6-7H2,1-2H3;2*6-7H,3-5H2,1-2H3;7H,3-6H2,1-2H3;7,9H,3-6H2,1-2H3;6-7H,3-5H2,1-2H3;5-6H,3-4H2,1-2H3;6H,3-5H2,1-2H3;2*6-7H,3-5H2,1-2H3;6H,4-5H2,1-3H3;4,6H,1,5H2,2-3H3;5H,4H2,1-3H3;3-4H2,1-2H3. The number of rotatable bonds is 21. The van der Waals surface area contributed by atoms with Crippen molar-refractivity contribution in [3.05, 3.63) is 24.8 Å². The fourth-order valence-corrected chi connectivity index (χ4v) is 17.6. The van der Waals surface area contributed by atoms with E-state index in [2.05, 4.69) is 217 Å². The summed E-state index contributed by atoms with van der Waals surface area (Å²) in [7, 11) is 0. The molecule has 12 saturated carbocycles. The van der Waals surface area contributed by atoms with Crippen LogP contribution in [0.5, 0.6) is 0 Å². The molecule has 2 aliphatic heterocycles. The molecule has 0 radical (unpaired) electrons. The maximum Gasteiger partial charge on any atom is 0.253 e. The minimum absolute atomic E-state index is 0.130. The Bertz CT molecular complexity index is 2480. The Labute approximate surface area is 702 Å². The van der Waals surface area contributed by atoms with E-state index < -0.39 is 35.0 Å². The van der Waals surface area contributed by atoms with Crippen molar-refractivity contribution in [2.45, 2.75) is 454 Å². The minimum atomic E-state index is -2.40. The summed E-state index contributed by atoms with van der Waals surface area (Å²) in [5.74, 6) is 8.38. The van der Waals surface area contributed by atoms with Gasteiger partial charge in [0.25, 0.3) is 11.8 Å². The number of ether oxygens (including phenoxy) is 1. The van der Waals surface area contributed by atoms with Crippen molar-refractivity contribution in [2.24, 2.45) is 145 Å². The van der Waals surface area contributed by atoms with E-state index in [1.807, 2.05) is 13.8 Å². The first-order valence-electron chi connectivity index (χ1n) is 47.3. The number of hydrogen-bond donors (Lipinski definition) is 1. The molecule has 0 amide bonds. The first-order chi connectivity index (χ1) is 51.7. The third kappa shape index (κ3) is 49.8. The number of hydrogen-bond acceptors (Lipinski definition) is 3. The van der Waals surface area contributed by atoms with E-state index in [1.54, 1.807) is 13.8 Å². The van der Waals surface area contributed by atoms with Crippen molar-refractivity contribution in [1.82, 2.24) is 0 Å². The van der Waals surface area contributed by atoms with Gasteiger partial charge in [0.1, 0.15) is 11.3 Å². The van der Waals surface area contributed by atoms with Crippen molar-refractivity contribution in [1.29, 1.82) is 0 Å². The van der Waals surface area contributed by atoms with E-state index >= 15 is 0 Å². The van der Waals surface area contributed by atoms with E-state index in [9.17, 15) is 40.2 Å². The Hall–Kier alpha value is -0.810. The van der Waals surface area contributed by atoms with Crippen molar-refractivity contribution in [3.8, 4) is 0 Å². The fourth-order valence-electron chi connectivity index (χ4n) is 16.7. The molecule has 1 N–H and O–H groups in total. The van der Waals surface area contributed by atoms with Crippen LogP contribution in [0, 0.1) is 145 Å². The monoisotopic (exact) mass is 1630 g/mol. The van der Waals surface area contributed by atoms with Gasteiger partial charge in [-0.2, -0.15) is 11.8 Å². The second kappa shape index (κ2) is 48.3. The average Bonchev–Trinajstić information content (AvgIpc) is 1.60. The first kappa shape index (κ1) is 108. The zero-order valence-electron chi connectivity index (χ0n) is 79.9. The molecule has 113 heavy (non-hydrogen) atoms. The summed E-state index contributed by atoms with van der Waals surface area (Å²) in [5, 5.41) is 9.58. The number of alkyl halides is 8. The molecule has 2 saturated heterocycles. The lowest BCUT2D eigenvalue weighted by atomic mass is 9.75. The highest BCUT2D eigenvalue weighted by molar-refractivity contribution is 8.00. The van der Waals surface area contributed by atoms with Crippen LogP contribution in [0.2, 0.25) is 0 Å². The van der Waals surface area contributed by atoms with Gasteiger partial charge >= 0.3 is 0 Å². The van der Waals surface area contributed by atoms with Gasteiger partial charge in [-0.1, -0.05) is 239 Å².